The van der Waals surface area contributed by atoms with E-state index in [1.807, 2.05) is 0 Å². The SMILES string of the molecule is O=C(O)CNC(=O)CCCN1C(=O)/C(=C/c2cccc([N+](=O)[O-])c2)SC1=S. The predicted molar refractivity (Wildman–Crippen MR) is 103 cm³/mol. The van der Waals surface area contributed by atoms with Crippen molar-refractivity contribution in [3.05, 3.63) is 44.8 Å². The minimum atomic E-state index is -1.13. The van der Waals surface area contributed by atoms with E-state index in [-0.39, 0.29) is 24.6 Å². The summed E-state index contributed by atoms with van der Waals surface area (Å²) in [7, 11) is 0. The van der Waals surface area contributed by atoms with Gasteiger partial charge in [-0.05, 0) is 18.1 Å². The maximum atomic E-state index is 12.5. The maximum Gasteiger partial charge on any atom is 0.322 e. The first-order valence-electron chi connectivity index (χ1n) is 7.76. The smallest absolute Gasteiger partial charge is 0.322 e. The van der Waals surface area contributed by atoms with Gasteiger partial charge in [0.05, 0.1) is 9.83 Å². The summed E-state index contributed by atoms with van der Waals surface area (Å²) in [6.07, 6.45) is 1.92. The first-order chi connectivity index (χ1) is 12.8. The van der Waals surface area contributed by atoms with Crippen molar-refractivity contribution in [2.75, 3.05) is 13.1 Å². The predicted octanol–water partition coefficient (Wildman–Crippen LogP) is 1.78. The molecule has 0 radical (unpaired) electrons. The van der Waals surface area contributed by atoms with E-state index in [0.717, 1.165) is 11.8 Å². The van der Waals surface area contributed by atoms with Gasteiger partial charge in [0.1, 0.15) is 10.9 Å². The van der Waals surface area contributed by atoms with Gasteiger partial charge in [0.2, 0.25) is 5.91 Å². The molecule has 0 spiro atoms. The molecule has 0 aromatic heterocycles. The topological polar surface area (TPSA) is 130 Å². The number of nitrogens with one attached hydrogen (secondary N) is 1. The summed E-state index contributed by atoms with van der Waals surface area (Å²) in [5.74, 6) is -1.89. The number of carboxylic acids is 1. The molecule has 1 fully saturated rings. The number of carboxylic acid groups (broad SMARTS) is 1. The highest BCUT2D eigenvalue weighted by molar-refractivity contribution is 8.26. The zero-order chi connectivity index (χ0) is 20.0. The largest absolute Gasteiger partial charge is 0.480 e. The van der Waals surface area contributed by atoms with Crippen LogP contribution in [0, 0.1) is 10.1 Å². The molecule has 0 atom stereocenters. The van der Waals surface area contributed by atoms with Crippen molar-refractivity contribution in [3.63, 3.8) is 0 Å². The van der Waals surface area contributed by atoms with Crippen LogP contribution < -0.4 is 5.32 Å². The molecule has 0 bridgehead atoms. The minimum Gasteiger partial charge on any atom is -0.480 e. The number of hydrogen-bond donors (Lipinski definition) is 2. The molecule has 27 heavy (non-hydrogen) atoms. The lowest BCUT2D eigenvalue weighted by Crippen LogP contribution is -2.32. The van der Waals surface area contributed by atoms with Crippen LogP contribution in [0.3, 0.4) is 0 Å². The number of nitro groups is 1. The van der Waals surface area contributed by atoms with Gasteiger partial charge in [-0.3, -0.25) is 29.4 Å². The van der Waals surface area contributed by atoms with Gasteiger partial charge in [-0.25, -0.2) is 0 Å². The number of amides is 2. The highest BCUT2D eigenvalue weighted by Crippen LogP contribution is 2.33. The summed E-state index contributed by atoms with van der Waals surface area (Å²) in [6.45, 7) is -0.233. The normalized spacial score (nSPS) is 15.3. The lowest BCUT2D eigenvalue weighted by molar-refractivity contribution is -0.384. The average Bonchev–Trinajstić information content (AvgIpc) is 2.87. The average molecular weight is 409 g/mol. The van der Waals surface area contributed by atoms with Crippen LogP contribution in [0.25, 0.3) is 6.08 Å². The monoisotopic (exact) mass is 409 g/mol. The van der Waals surface area contributed by atoms with Crippen LogP contribution in [0.5, 0.6) is 0 Å². The van der Waals surface area contributed by atoms with Crippen molar-refractivity contribution in [2.45, 2.75) is 12.8 Å². The van der Waals surface area contributed by atoms with Gasteiger partial charge in [0, 0.05) is 25.1 Å². The minimum absolute atomic E-state index is 0.0638. The highest BCUT2D eigenvalue weighted by atomic mass is 32.2. The molecule has 2 rings (SSSR count). The molecule has 0 unspecified atom stereocenters. The van der Waals surface area contributed by atoms with Crippen LogP contribution >= 0.6 is 24.0 Å². The van der Waals surface area contributed by atoms with Crippen LogP contribution in [-0.4, -0.2) is 50.1 Å². The number of aliphatic carboxylic acids is 1. The Morgan fingerprint density at radius 1 is 1.41 bits per heavy atom. The van der Waals surface area contributed by atoms with E-state index in [2.05, 4.69) is 5.32 Å². The molecule has 9 nitrogen and oxygen atoms in total. The summed E-state index contributed by atoms with van der Waals surface area (Å²) in [5, 5.41) is 21.6. The molecule has 142 valence electrons. The van der Waals surface area contributed by atoms with Crippen molar-refractivity contribution in [1.29, 1.82) is 0 Å². The molecule has 0 aliphatic carbocycles. The number of non-ortho nitro benzene ring substituents is 1. The third-order valence-electron chi connectivity index (χ3n) is 3.47. The number of thioether (sulfide) groups is 1. The summed E-state index contributed by atoms with van der Waals surface area (Å²) >= 11 is 6.27. The number of benzene rings is 1. The quantitative estimate of drug-likeness (QED) is 0.288. The van der Waals surface area contributed by atoms with Gasteiger partial charge in [-0.15, -0.1) is 0 Å². The fraction of sp³-hybridized carbons (Fsp3) is 0.250. The molecule has 1 aliphatic rings. The Labute approximate surface area is 163 Å². The van der Waals surface area contributed by atoms with E-state index in [0.29, 0.717) is 21.2 Å². The van der Waals surface area contributed by atoms with E-state index in [9.17, 15) is 24.5 Å². The maximum absolute atomic E-state index is 12.5. The summed E-state index contributed by atoms with van der Waals surface area (Å²) < 4.78 is 0.336. The third kappa shape index (κ3) is 5.86. The van der Waals surface area contributed by atoms with Crippen LogP contribution in [0.15, 0.2) is 29.2 Å². The van der Waals surface area contributed by atoms with Crippen molar-refractivity contribution in [3.8, 4) is 0 Å². The van der Waals surface area contributed by atoms with Gasteiger partial charge >= 0.3 is 5.97 Å². The molecular formula is C16H15N3O6S2. The zero-order valence-corrected chi connectivity index (χ0v) is 15.5. The number of carbonyl (C=O) groups is 3. The second kappa shape index (κ2) is 9.24. The molecule has 1 aromatic rings. The van der Waals surface area contributed by atoms with Gasteiger partial charge in [0.15, 0.2) is 0 Å². The Balaban J connectivity index is 1.96. The second-order valence-electron chi connectivity index (χ2n) is 5.46. The number of carbonyl (C=O) groups excluding carboxylic acids is 2. The molecule has 1 aliphatic heterocycles. The third-order valence-corrected chi connectivity index (χ3v) is 4.85. The molecule has 1 heterocycles. The van der Waals surface area contributed by atoms with Gasteiger partial charge < -0.3 is 10.4 Å². The molecule has 11 heteroatoms. The second-order valence-corrected chi connectivity index (χ2v) is 7.14. The molecule has 1 saturated heterocycles. The highest BCUT2D eigenvalue weighted by Gasteiger charge is 2.31. The van der Waals surface area contributed by atoms with Crippen molar-refractivity contribution in [2.24, 2.45) is 0 Å². The Hall–Kier alpha value is -2.79. The Morgan fingerprint density at radius 2 is 2.15 bits per heavy atom. The summed E-state index contributed by atoms with van der Waals surface area (Å²) in [4.78, 5) is 46.4. The first-order valence-corrected chi connectivity index (χ1v) is 8.98. The van der Waals surface area contributed by atoms with Crippen LogP contribution in [0.4, 0.5) is 5.69 Å². The van der Waals surface area contributed by atoms with E-state index >= 15 is 0 Å². The number of hydrogen-bond acceptors (Lipinski definition) is 7. The summed E-state index contributed by atoms with van der Waals surface area (Å²) in [5.41, 5.74) is 0.435. The lowest BCUT2D eigenvalue weighted by atomic mass is 10.2. The number of nitro benzene ring substituents is 1. The van der Waals surface area contributed by atoms with Crippen molar-refractivity contribution < 1.29 is 24.4 Å². The lowest BCUT2D eigenvalue weighted by Gasteiger charge is -2.13. The van der Waals surface area contributed by atoms with E-state index in [4.69, 9.17) is 17.3 Å². The Bertz CT molecular complexity index is 839. The Morgan fingerprint density at radius 3 is 2.81 bits per heavy atom. The van der Waals surface area contributed by atoms with Gasteiger partial charge in [0.25, 0.3) is 11.6 Å². The standard InChI is InChI=1S/C16H15N3O6S2/c20-13(17-9-14(21)22)5-2-6-18-15(23)12(27-16(18)26)8-10-3-1-4-11(7-10)19(24)25/h1,3-4,7-8H,2,5-6,9H2,(H,17,20)(H,21,22)/b12-8-. The van der Waals surface area contributed by atoms with E-state index in [1.165, 1.54) is 29.2 Å². The Kier molecular flexibility index (Phi) is 7.02. The van der Waals surface area contributed by atoms with Crippen LogP contribution in [-0.2, 0) is 14.4 Å². The summed E-state index contributed by atoms with van der Waals surface area (Å²) in [6, 6.07) is 5.89. The number of thiocarbonyl (C=S) groups is 1. The van der Waals surface area contributed by atoms with Crippen molar-refractivity contribution in [1.82, 2.24) is 10.2 Å². The van der Waals surface area contributed by atoms with Crippen LogP contribution in [0.1, 0.15) is 18.4 Å². The number of rotatable bonds is 8. The van der Waals surface area contributed by atoms with Gasteiger partial charge in [-0.2, -0.15) is 0 Å². The first kappa shape index (κ1) is 20.5. The molecule has 1 aromatic carbocycles. The molecule has 2 amide bonds. The number of nitrogens with zero attached hydrogens (tertiary/aromatic N) is 2. The molecule has 0 saturated carbocycles. The fourth-order valence-corrected chi connectivity index (χ4v) is 3.54. The zero-order valence-electron chi connectivity index (χ0n) is 13.9. The van der Waals surface area contributed by atoms with Crippen molar-refractivity contribution >= 4 is 57.8 Å². The van der Waals surface area contributed by atoms with Crippen LogP contribution in [0.2, 0.25) is 0 Å². The van der Waals surface area contributed by atoms with E-state index in [1.54, 1.807) is 6.07 Å². The molecular weight excluding hydrogens is 394 g/mol. The fourth-order valence-electron chi connectivity index (χ4n) is 2.23. The van der Waals surface area contributed by atoms with Gasteiger partial charge in [-0.1, -0.05) is 36.1 Å². The van der Waals surface area contributed by atoms with E-state index < -0.39 is 23.3 Å². The molecule has 2 N–H and O–H groups in total.